The Morgan fingerprint density at radius 2 is 1.69 bits per heavy atom. The fourth-order valence-corrected chi connectivity index (χ4v) is 4.61. The molecule has 0 aliphatic heterocycles. The van der Waals surface area contributed by atoms with E-state index in [1.165, 1.54) is 22.4 Å². The molecule has 0 N–H and O–H groups in total. The molecular weight excluding hydrogens is 458 g/mol. The van der Waals surface area contributed by atoms with E-state index in [-0.39, 0.29) is 31.1 Å². The van der Waals surface area contributed by atoms with Gasteiger partial charge in [-0.25, -0.2) is 8.42 Å². The van der Waals surface area contributed by atoms with Gasteiger partial charge in [0.1, 0.15) is 13.1 Å². The Bertz CT molecular complexity index is 1110. The van der Waals surface area contributed by atoms with Gasteiger partial charge in [0.2, 0.25) is 15.9 Å². The predicted molar refractivity (Wildman–Crippen MR) is 120 cm³/mol. The molecule has 0 bridgehead atoms. The van der Waals surface area contributed by atoms with Crippen molar-refractivity contribution in [1.29, 1.82) is 0 Å². The average molecular weight is 484 g/mol. The molecule has 0 saturated heterocycles. The van der Waals surface area contributed by atoms with Gasteiger partial charge in [-0.15, -0.1) is 0 Å². The van der Waals surface area contributed by atoms with Gasteiger partial charge in [-0.05, 0) is 23.8 Å². The summed E-state index contributed by atoms with van der Waals surface area (Å²) in [7, 11) is -2.60. The first-order chi connectivity index (χ1) is 15.1. The highest BCUT2D eigenvalue weighted by atomic mass is 35.5. The van der Waals surface area contributed by atoms with E-state index in [1.54, 1.807) is 38.1 Å². The van der Waals surface area contributed by atoms with Crippen LogP contribution in [-0.2, 0) is 37.4 Å². The zero-order chi connectivity index (χ0) is 23.9. The van der Waals surface area contributed by atoms with Crippen LogP contribution < -0.4 is 5.56 Å². The molecule has 2 rings (SSSR count). The van der Waals surface area contributed by atoms with Crippen molar-refractivity contribution in [1.82, 2.24) is 13.8 Å². The first-order valence-corrected chi connectivity index (χ1v) is 11.7. The lowest BCUT2D eigenvalue weighted by Crippen LogP contribution is -2.39. The summed E-state index contributed by atoms with van der Waals surface area (Å²) in [6.07, 6.45) is 1.15. The summed E-state index contributed by atoms with van der Waals surface area (Å²) in [5.74, 6) is -1.18. The van der Waals surface area contributed by atoms with Crippen molar-refractivity contribution < 1.29 is 22.7 Å². The molecule has 1 heterocycles. The zero-order valence-corrected chi connectivity index (χ0v) is 19.7. The van der Waals surface area contributed by atoms with Crippen LogP contribution in [0.25, 0.3) is 0 Å². The normalized spacial score (nSPS) is 11.4. The van der Waals surface area contributed by atoms with E-state index in [4.69, 9.17) is 11.6 Å². The van der Waals surface area contributed by atoms with Crippen LogP contribution in [0.2, 0.25) is 5.02 Å². The van der Waals surface area contributed by atoms with Gasteiger partial charge in [0, 0.05) is 36.9 Å². The molecule has 0 saturated carbocycles. The van der Waals surface area contributed by atoms with Gasteiger partial charge in [-0.3, -0.25) is 14.4 Å². The molecule has 0 unspecified atom stereocenters. The highest BCUT2D eigenvalue weighted by molar-refractivity contribution is 7.89. The number of methoxy groups -OCH3 is 1. The summed E-state index contributed by atoms with van der Waals surface area (Å²) in [6, 6.07) is 9.06. The number of amides is 1. The van der Waals surface area contributed by atoms with E-state index in [1.807, 2.05) is 0 Å². The minimum atomic E-state index is -3.81. The molecule has 1 aromatic heterocycles. The Labute approximate surface area is 192 Å². The van der Waals surface area contributed by atoms with Gasteiger partial charge >= 0.3 is 5.97 Å². The second-order valence-corrected chi connectivity index (χ2v) is 9.25. The van der Waals surface area contributed by atoms with Crippen LogP contribution in [0.15, 0.2) is 52.3 Å². The van der Waals surface area contributed by atoms with Crippen LogP contribution in [0.1, 0.15) is 19.4 Å². The predicted octanol–water partition coefficient (Wildman–Crippen LogP) is 1.73. The number of hydrogen-bond donors (Lipinski definition) is 0. The molecule has 1 amide bonds. The number of benzene rings is 1. The number of halogens is 1. The smallest absolute Gasteiger partial charge is 0.325 e. The molecule has 0 atom stereocenters. The van der Waals surface area contributed by atoms with Crippen molar-refractivity contribution in [2.45, 2.75) is 31.8 Å². The van der Waals surface area contributed by atoms with E-state index in [2.05, 4.69) is 4.74 Å². The number of esters is 1. The van der Waals surface area contributed by atoms with Gasteiger partial charge in [0.15, 0.2) is 0 Å². The fourth-order valence-electron chi connectivity index (χ4n) is 3.01. The fraction of sp³-hybridized carbons (Fsp3) is 0.381. The highest BCUT2D eigenvalue weighted by Crippen LogP contribution is 2.15. The SMILES string of the molecule is CCN(CC)S(=O)(=O)c1ccc(=O)n(CC(=O)N(CC(=O)OC)Cc2ccc(Cl)cc2)c1. The Morgan fingerprint density at radius 3 is 2.25 bits per heavy atom. The number of pyridine rings is 1. The summed E-state index contributed by atoms with van der Waals surface area (Å²) >= 11 is 5.89. The monoisotopic (exact) mass is 483 g/mol. The topological polar surface area (TPSA) is 106 Å². The summed E-state index contributed by atoms with van der Waals surface area (Å²) in [6.45, 7) is 3.27. The molecule has 174 valence electrons. The van der Waals surface area contributed by atoms with Gasteiger partial charge in [-0.2, -0.15) is 4.31 Å². The summed E-state index contributed by atoms with van der Waals surface area (Å²) in [4.78, 5) is 38.2. The van der Waals surface area contributed by atoms with Crippen molar-refractivity contribution in [2.24, 2.45) is 0 Å². The summed E-state index contributed by atoms with van der Waals surface area (Å²) in [5, 5.41) is 0.525. The lowest BCUT2D eigenvalue weighted by Gasteiger charge is -2.23. The van der Waals surface area contributed by atoms with Crippen molar-refractivity contribution in [3.05, 3.63) is 63.5 Å². The molecule has 0 aliphatic rings. The summed E-state index contributed by atoms with van der Waals surface area (Å²) < 4.78 is 32.5. The van der Waals surface area contributed by atoms with E-state index >= 15 is 0 Å². The molecule has 11 heteroatoms. The standard InChI is InChI=1S/C21H26ClN3O6S/c1-4-25(5-2)32(29,30)18-10-11-19(26)24(13-18)14-20(27)23(15-21(28)31-3)12-16-6-8-17(22)9-7-16/h6-11,13H,4-5,12,14-15H2,1-3H3. The number of sulfonamides is 1. The quantitative estimate of drug-likeness (QED) is 0.476. The van der Waals surface area contributed by atoms with Crippen molar-refractivity contribution in [2.75, 3.05) is 26.7 Å². The largest absolute Gasteiger partial charge is 0.468 e. The minimum absolute atomic E-state index is 0.0806. The molecule has 0 spiro atoms. The van der Waals surface area contributed by atoms with Crippen LogP contribution in [-0.4, -0.2) is 60.8 Å². The van der Waals surface area contributed by atoms with Crippen molar-refractivity contribution >= 4 is 33.5 Å². The maximum atomic E-state index is 13.0. The molecule has 2 aromatic rings. The molecule has 1 aromatic carbocycles. The number of hydrogen-bond acceptors (Lipinski definition) is 6. The first-order valence-electron chi connectivity index (χ1n) is 9.92. The maximum absolute atomic E-state index is 13.0. The molecule has 0 radical (unpaired) electrons. The Hall–Kier alpha value is -2.69. The van der Waals surface area contributed by atoms with E-state index in [9.17, 15) is 22.8 Å². The molecule has 9 nitrogen and oxygen atoms in total. The van der Waals surface area contributed by atoms with E-state index < -0.39 is 34.0 Å². The molecule has 32 heavy (non-hydrogen) atoms. The zero-order valence-electron chi connectivity index (χ0n) is 18.2. The Morgan fingerprint density at radius 1 is 1.06 bits per heavy atom. The molecule has 0 aliphatic carbocycles. The number of nitrogens with zero attached hydrogens (tertiary/aromatic N) is 3. The van der Waals surface area contributed by atoms with Crippen molar-refractivity contribution in [3.63, 3.8) is 0 Å². The number of ether oxygens (including phenoxy) is 1. The number of rotatable bonds is 10. The van der Waals surface area contributed by atoms with Gasteiger partial charge in [0.25, 0.3) is 5.56 Å². The van der Waals surface area contributed by atoms with Crippen LogP contribution in [0.5, 0.6) is 0 Å². The third-order valence-electron chi connectivity index (χ3n) is 4.79. The van der Waals surface area contributed by atoms with Crippen LogP contribution >= 0.6 is 11.6 Å². The second-order valence-electron chi connectivity index (χ2n) is 6.87. The third-order valence-corrected chi connectivity index (χ3v) is 7.08. The van der Waals surface area contributed by atoms with Gasteiger partial charge in [-0.1, -0.05) is 37.6 Å². The number of carbonyl (C=O) groups excluding carboxylic acids is 2. The van der Waals surface area contributed by atoms with Crippen LogP contribution in [0.4, 0.5) is 0 Å². The van der Waals surface area contributed by atoms with Crippen LogP contribution in [0.3, 0.4) is 0 Å². The lowest BCUT2D eigenvalue weighted by molar-refractivity contribution is -0.147. The lowest BCUT2D eigenvalue weighted by atomic mass is 10.2. The highest BCUT2D eigenvalue weighted by Gasteiger charge is 2.24. The molecular formula is C21H26ClN3O6S. The average Bonchev–Trinajstić information content (AvgIpc) is 2.76. The second kappa shape index (κ2) is 11.3. The summed E-state index contributed by atoms with van der Waals surface area (Å²) in [5.41, 5.74) is 0.179. The Balaban J connectivity index is 2.32. The minimum Gasteiger partial charge on any atom is -0.468 e. The number of aromatic nitrogens is 1. The van der Waals surface area contributed by atoms with Gasteiger partial charge < -0.3 is 14.2 Å². The molecule has 0 fully saturated rings. The van der Waals surface area contributed by atoms with E-state index in [0.29, 0.717) is 5.02 Å². The third kappa shape index (κ3) is 6.41. The maximum Gasteiger partial charge on any atom is 0.325 e. The Kier molecular flexibility index (Phi) is 8.99. The van der Waals surface area contributed by atoms with Crippen LogP contribution in [0, 0.1) is 0 Å². The number of carbonyl (C=O) groups is 2. The van der Waals surface area contributed by atoms with Crippen molar-refractivity contribution in [3.8, 4) is 0 Å². The van der Waals surface area contributed by atoms with E-state index in [0.717, 1.165) is 22.4 Å². The first kappa shape index (κ1) is 25.6. The van der Waals surface area contributed by atoms with Gasteiger partial charge in [0.05, 0.1) is 12.0 Å².